The van der Waals surface area contributed by atoms with E-state index < -0.39 is 12.1 Å². The van der Waals surface area contributed by atoms with Gasteiger partial charge in [-0.15, -0.1) is 0 Å². The molecule has 1 saturated heterocycles. The van der Waals surface area contributed by atoms with Crippen LogP contribution in [0, 0.1) is 5.92 Å². The van der Waals surface area contributed by atoms with Gasteiger partial charge in [0.15, 0.2) is 6.04 Å². The van der Waals surface area contributed by atoms with Gasteiger partial charge in [0.1, 0.15) is 12.6 Å². The molecule has 0 aromatic heterocycles. The maximum absolute atomic E-state index is 12.5. The van der Waals surface area contributed by atoms with Crippen LogP contribution < -0.4 is 22.1 Å². The van der Waals surface area contributed by atoms with Crippen molar-refractivity contribution in [1.29, 1.82) is 0 Å². The summed E-state index contributed by atoms with van der Waals surface area (Å²) in [6.45, 7) is 12.9. The summed E-state index contributed by atoms with van der Waals surface area (Å²) < 4.78 is 0.652. The van der Waals surface area contributed by atoms with E-state index in [1.165, 1.54) is 5.57 Å². The first-order valence-corrected chi connectivity index (χ1v) is 12.0. The van der Waals surface area contributed by atoms with Crippen LogP contribution in [0.3, 0.4) is 0 Å². The van der Waals surface area contributed by atoms with Gasteiger partial charge in [-0.05, 0) is 50.2 Å². The molecule has 0 bridgehead atoms. The number of hydrogen-bond donors (Lipinski definition) is 4. The third kappa shape index (κ3) is 8.78. The number of rotatable bonds is 12. The first-order chi connectivity index (χ1) is 15.4. The Labute approximate surface area is 199 Å². The number of allylic oxidation sites excluding steroid dienone is 3. The van der Waals surface area contributed by atoms with E-state index in [0.29, 0.717) is 16.6 Å². The highest BCUT2D eigenvalue weighted by Gasteiger charge is 2.39. The second-order valence-electron chi connectivity index (χ2n) is 9.58. The fraction of sp³-hybridized carbons (Fsp3) is 0.640. The Hall–Kier alpha value is -2.45. The molecule has 4 atom stereocenters. The van der Waals surface area contributed by atoms with Crippen molar-refractivity contribution in [2.45, 2.75) is 77.9 Å². The number of hydrogen-bond acceptors (Lipinski definition) is 4. The van der Waals surface area contributed by atoms with Crippen molar-refractivity contribution in [2.24, 2.45) is 17.4 Å². The number of carbonyl (C=O) groups excluding carboxylic acids is 3. The lowest BCUT2D eigenvalue weighted by atomic mass is 9.96. The first kappa shape index (κ1) is 28.6. The van der Waals surface area contributed by atoms with Crippen molar-refractivity contribution in [3.8, 4) is 0 Å². The lowest BCUT2D eigenvalue weighted by molar-refractivity contribution is -0.925. The van der Waals surface area contributed by atoms with Crippen molar-refractivity contribution in [3.63, 3.8) is 0 Å². The van der Waals surface area contributed by atoms with Crippen LogP contribution in [0.4, 0.5) is 0 Å². The maximum Gasteiger partial charge on any atom is 0.275 e. The second kappa shape index (κ2) is 13.3. The molecule has 2 unspecified atom stereocenters. The van der Waals surface area contributed by atoms with E-state index in [1.54, 1.807) is 13.0 Å². The third-order valence-electron chi connectivity index (χ3n) is 6.50. The summed E-state index contributed by atoms with van der Waals surface area (Å²) in [5.74, 6) is -0.923. The number of primary amides is 1. The monoisotopic (exact) mass is 462 g/mol. The molecule has 0 spiro atoms. The van der Waals surface area contributed by atoms with E-state index in [1.807, 2.05) is 19.9 Å². The first-order valence-electron chi connectivity index (χ1n) is 12.0. The molecule has 0 aromatic rings. The SMILES string of the molecule is C=C/C(=C\CC=C(CC)C[N+]1(C)CCCC[C@@H]1C(N)=O)NC(=O)C(C)NC(=O)[C@@H](N)C(C)C. The summed E-state index contributed by atoms with van der Waals surface area (Å²) >= 11 is 0. The number of nitrogens with two attached hydrogens (primary N) is 2. The van der Waals surface area contributed by atoms with Gasteiger partial charge in [0.2, 0.25) is 11.8 Å². The van der Waals surface area contributed by atoms with Gasteiger partial charge in [0.25, 0.3) is 5.91 Å². The molecular formula is C25H44N5O3+. The minimum atomic E-state index is -0.721. The minimum absolute atomic E-state index is 0.0174. The lowest BCUT2D eigenvalue weighted by Crippen LogP contribution is -2.60. The van der Waals surface area contributed by atoms with Crippen LogP contribution in [-0.4, -0.2) is 60.5 Å². The number of carbonyl (C=O) groups is 3. The van der Waals surface area contributed by atoms with Gasteiger partial charge >= 0.3 is 0 Å². The quantitative estimate of drug-likeness (QED) is 0.201. The van der Waals surface area contributed by atoms with Crippen LogP contribution in [0.2, 0.25) is 0 Å². The number of quaternary nitrogens is 1. The zero-order chi connectivity index (χ0) is 25.2. The molecule has 1 aliphatic rings. The highest BCUT2D eigenvalue weighted by atomic mass is 16.2. The Morgan fingerprint density at radius 2 is 1.82 bits per heavy atom. The highest BCUT2D eigenvalue weighted by Crippen LogP contribution is 2.26. The summed E-state index contributed by atoms with van der Waals surface area (Å²) in [4.78, 5) is 36.6. The molecule has 6 N–H and O–H groups in total. The van der Waals surface area contributed by atoms with Crippen molar-refractivity contribution < 1.29 is 18.9 Å². The van der Waals surface area contributed by atoms with E-state index >= 15 is 0 Å². The smallest absolute Gasteiger partial charge is 0.275 e. The summed E-state index contributed by atoms with van der Waals surface area (Å²) in [6, 6.07) is -1.53. The van der Waals surface area contributed by atoms with Crippen LogP contribution >= 0.6 is 0 Å². The average Bonchev–Trinajstić information content (AvgIpc) is 2.76. The van der Waals surface area contributed by atoms with E-state index in [4.69, 9.17) is 11.5 Å². The zero-order valence-electron chi connectivity index (χ0n) is 21.0. The molecule has 8 nitrogen and oxygen atoms in total. The van der Waals surface area contributed by atoms with Gasteiger partial charge in [-0.1, -0.05) is 39.5 Å². The Morgan fingerprint density at radius 3 is 2.36 bits per heavy atom. The number of piperidine rings is 1. The third-order valence-corrected chi connectivity index (χ3v) is 6.50. The predicted molar refractivity (Wildman–Crippen MR) is 133 cm³/mol. The van der Waals surface area contributed by atoms with Gasteiger partial charge in [-0.2, -0.15) is 0 Å². The maximum atomic E-state index is 12.5. The van der Waals surface area contributed by atoms with Crippen molar-refractivity contribution >= 4 is 17.7 Å². The van der Waals surface area contributed by atoms with E-state index in [9.17, 15) is 14.4 Å². The van der Waals surface area contributed by atoms with Crippen LogP contribution in [-0.2, 0) is 14.4 Å². The molecule has 33 heavy (non-hydrogen) atoms. The Balaban J connectivity index is 2.76. The molecule has 3 amide bonds. The van der Waals surface area contributed by atoms with Crippen LogP contribution in [0.25, 0.3) is 0 Å². The zero-order valence-corrected chi connectivity index (χ0v) is 21.0. The van der Waals surface area contributed by atoms with Gasteiger partial charge in [-0.3, -0.25) is 14.4 Å². The summed E-state index contributed by atoms with van der Waals surface area (Å²) in [5.41, 5.74) is 13.3. The van der Waals surface area contributed by atoms with Crippen LogP contribution in [0.5, 0.6) is 0 Å². The molecular weight excluding hydrogens is 418 g/mol. The predicted octanol–water partition coefficient (Wildman–Crippen LogP) is 1.87. The Bertz CT molecular complexity index is 774. The lowest BCUT2D eigenvalue weighted by Gasteiger charge is -2.43. The Morgan fingerprint density at radius 1 is 1.15 bits per heavy atom. The van der Waals surface area contributed by atoms with E-state index in [2.05, 4.69) is 37.3 Å². The highest BCUT2D eigenvalue weighted by molar-refractivity contribution is 5.90. The van der Waals surface area contributed by atoms with Gasteiger partial charge in [-0.25, -0.2) is 0 Å². The molecule has 1 aliphatic heterocycles. The van der Waals surface area contributed by atoms with Crippen LogP contribution in [0.1, 0.15) is 59.8 Å². The normalized spacial score (nSPS) is 23.5. The number of nitrogens with one attached hydrogen (secondary N) is 2. The average molecular weight is 463 g/mol. The molecule has 0 saturated carbocycles. The number of nitrogens with zero attached hydrogens (tertiary/aromatic N) is 1. The number of amides is 3. The molecule has 1 heterocycles. The molecule has 0 radical (unpaired) electrons. The van der Waals surface area contributed by atoms with Crippen LogP contribution in [0.15, 0.2) is 36.1 Å². The minimum Gasteiger partial charge on any atom is -0.365 e. The van der Waals surface area contributed by atoms with Gasteiger partial charge in [0.05, 0.1) is 19.6 Å². The van der Waals surface area contributed by atoms with Gasteiger partial charge in [0, 0.05) is 12.1 Å². The van der Waals surface area contributed by atoms with Gasteiger partial charge < -0.3 is 26.6 Å². The molecule has 8 heteroatoms. The summed E-state index contributed by atoms with van der Waals surface area (Å²) in [6.07, 6.45) is 10.1. The van der Waals surface area contributed by atoms with E-state index in [-0.39, 0.29) is 29.7 Å². The second-order valence-corrected chi connectivity index (χ2v) is 9.58. The Kier molecular flexibility index (Phi) is 11.5. The molecule has 1 rings (SSSR count). The number of likely N-dealkylation sites (N-methyl/N-ethyl adjacent to an activating group) is 1. The fourth-order valence-electron chi connectivity index (χ4n) is 4.17. The van der Waals surface area contributed by atoms with Crippen molar-refractivity contribution in [1.82, 2.24) is 10.6 Å². The van der Waals surface area contributed by atoms with Crippen molar-refractivity contribution in [2.75, 3.05) is 20.1 Å². The summed E-state index contributed by atoms with van der Waals surface area (Å²) in [5, 5.41) is 5.44. The standard InChI is InChI=1S/C25H43N5O3/c1-7-19(16-30(6)15-10-9-14-21(30)23(27)31)12-11-13-20(8-2)29-24(32)18(5)28-25(33)22(26)17(3)4/h8,12-13,17-18,21-22H,2,7,9-11,14-16,26H2,1,3-6H3,(H3-,27,28,29,31,32,33)/p+1/b19-12?,20-13+/t18?,21-,22+,30?/m1/s1. The number of likely N-dealkylation sites (tertiary alicyclic amines) is 1. The molecule has 0 aromatic carbocycles. The van der Waals surface area contributed by atoms with E-state index in [0.717, 1.165) is 38.8 Å². The topological polar surface area (TPSA) is 127 Å². The molecule has 186 valence electrons. The molecule has 1 fully saturated rings. The van der Waals surface area contributed by atoms with Crippen molar-refractivity contribution in [3.05, 3.63) is 36.1 Å². The largest absolute Gasteiger partial charge is 0.365 e. The fourth-order valence-corrected chi connectivity index (χ4v) is 4.17. The molecule has 0 aliphatic carbocycles. The summed E-state index contributed by atoms with van der Waals surface area (Å²) in [7, 11) is 2.12.